The van der Waals surface area contributed by atoms with Crippen molar-refractivity contribution in [2.75, 3.05) is 18.4 Å². The van der Waals surface area contributed by atoms with Gasteiger partial charge in [0.25, 0.3) is 5.91 Å². The van der Waals surface area contributed by atoms with E-state index in [9.17, 15) is 14.4 Å². The highest BCUT2D eigenvalue weighted by atomic mass is 79.9. The number of halogens is 1. The first-order valence-corrected chi connectivity index (χ1v) is 8.35. The second-order valence-electron chi connectivity index (χ2n) is 5.73. The molecule has 0 aromatic heterocycles. The molecule has 2 aliphatic heterocycles. The fraction of sp³-hybridized carbons (Fsp3) is 0.312. The van der Waals surface area contributed by atoms with E-state index in [2.05, 4.69) is 38.5 Å². The Hall–Kier alpha value is -2.35. The van der Waals surface area contributed by atoms with Gasteiger partial charge in [0, 0.05) is 17.6 Å². The highest BCUT2D eigenvalue weighted by Crippen LogP contribution is 2.30. The Morgan fingerprint density at radius 2 is 2.25 bits per heavy atom. The van der Waals surface area contributed by atoms with Gasteiger partial charge in [-0.25, -0.2) is 4.79 Å². The summed E-state index contributed by atoms with van der Waals surface area (Å²) in [6, 6.07) is 3.97. The zero-order chi connectivity index (χ0) is 17.3. The molecule has 1 aromatic carbocycles. The molecule has 2 atom stereocenters. The molecule has 4 amide bonds. The van der Waals surface area contributed by atoms with Crippen molar-refractivity contribution in [2.24, 2.45) is 0 Å². The smallest absolute Gasteiger partial charge is 0.315 e. The Morgan fingerprint density at radius 1 is 1.46 bits per heavy atom. The van der Waals surface area contributed by atoms with E-state index in [0.717, 1.165) is 4.47 Å². The number of amides is 4. The molecule has 1 aromatic rings. The molecular weight excluding hydrogens is 376 g/mol. The lowest BCUT2D eigenvalue weighted by molar-refractivity contribution is -0.119. The molecule has 2 heterocycles. The monoisotopic (exact) mass is 392 g/mol. The van der Waals surface area contributed by atoms with Crippen LogP contribution in [-0.4, -0.2) is 47.9 Å². The maximum Gasteiger partial charge on any atom is 0.315 e. The number of hydrogen-bond acceptors (Lipinski definition) is 3. The van der Waals surface area contributed by atoms with Crippen LogP contribution in [0.3, 0.4) is 0 Å². The molecule has 3 rings (SSSR count). The fourth-order valence-electron chi connectivity index (χ4n) is 2.99. The first-order chi connectivity index (χ1) is 11.5. The van der Waals surface area contributed by atoms with Crippen LogP contribution in [0.4, 0.5) is 10.5 Å². The number of hydrogen-bond donors (Lipinski definition) is 3. The molecule has 8 heteroatoms. The Balaban J connectivity index is 1.78. The lowest BCUT2D eigenvalue weighted by Crippen LogP contribution is -2.44. The van der Waals surface area contributed by atoms with Crippen molar-refractivity contribution in [3.05, 3.63) is 40.9 Å². The van der Waals surface area contributed by atoms with Gasteiger partial charge in [0.1, 0.15) is 6.04 Å². The third-order valence-electron chi connectivity index (χ3n) is 4.08. The van der Waals surface area contributed by atoms with Crippen molar-refractivity contribution in [2.45, 2.75) is 18.5 Å². The highest BCUT2D eigenvalue weighted by Gasteiger charge is 2.43. The average molecular weight is 393 g/mol. The predicted molar refractivity (Wildman–Crippen MR) is 92.7 cm³/mol. The number of carbonyl (C=O) groups is 3. The summed E-state index contributed by atoms with van der Waals surface area (Å²) in [5, 5.41) is 8.20. The summed E-state index contributed by atoms with van der Waals surface area (Å²) in [6.45, 7) is 4.18. The summed E-state index contributed by atoms with van der Waals surface area (Å²) in [4.78, 5) is 38.5. The zero-order valence-electron chi connectivity index (χ0n) is 12.8. The van der Waals surface area contributed by atoms with Crippen molar-refractivity contribution in [1.82, 2.24) is 15.5 Å². The van der Waals surface area contributed by atoms with Crippen molar-refractivity contribution in [3.8, 4) is 0 Å². The number of nitrogens with zero attached hydrogens (tertiary/aromatic N) is 1. The van der Waals surface area contributed by atoms with E-state index in [1.807, 2.05) is 0 Å². The van der Waals surface area contributed by atoms with Gasteiger partial charge in [-0.15, -0.1) is 6.58 Å². The van der Waals surface area contributed by atoms with Crippen molar-refractivity contribution in [1.29, 1.82) is 0 Å². The number of nitrogens with one attached hydrogen (secondary N) is 3. The van der Waals surface area contributed by atoms with Gasteiger partial charge in [-0.1, -0.05) is 22.0 Å². The molecule has 2 unspecified atom stereocenters. The Morgan fingerprint density at radius 3 is 3.00 bits per heavy atom. The molecule has 0 aliphatic carbocycles. The molecule has 3 N–H and O–H groups in total. The molecule has 2 aliphatic rings. The molecule has 24 heavy (non-hydrogen) atoms. The first kappa shape index (κ1) is 16.5. The van der Waals surface area contributed by atoms with Gasteiger partial charge in [-0.05, 0) is 24.6 Å². The minimum absolute atomic E-state index is 0.217. The van der Waals surface area contributed by atoms with E-state index in [-0.39, 0.29) is 23.9 Å². The molecular formula is C16H17BrN4O3. The molecule has 7 nitrogen and oxygen atoms in total. The molecule has 0 bridgehead atoms. The van der Waals surface area contributed by atoms with Crippen LogP contribution in [0.25, 0.3) is 0 Å². The van der Waals surface area contributed by atoms with Gasteiger partial charge in [0.2, 0.25) is 5.91 Å². The summed E-state index contributed by atoms with van der Waals surface area (Å²) in [7, 11) is 0. The van der Waals surface area contributed by atoms with E-state index in [4.69, 9.17) is 0 Å². The maximum absolute atomic E-state index is 12.8. The predicted octanol–water partition coefficient (Wildman–Crippen LogP) is 1.47. The number of carbonyl (C=O) groups excluding carboxylic acids is 3. The Labute approximate surface area is 147 Å². The van der Waals surface area contributed by atoms with Crippen molar-refractivity contribution < 1.29 is 14.4 Å². The van der Waals surface area contributed by atoms with Crippen LogP contribution < -0.4 is 16.0 Å². The lowest BCUT2D eigenvalue weighted by Gasteiger charge is -2.20. The third kappa shape index (κ3) is 3.14. The number of urea groups is 1. The zero-order valence-corrected chi connectivity index (χ0v) is 14.4. The highest BCUT2D eigenvalue weighted by molar-refractivity contribution is 9.10. The number of rotatable bonds is 3. The number of anilines is 1. The van der Waals surface area contributed by atoms with Crippen molar-refractivity contribution >= 4 is 39.5 Å². The van der Waals surface area contributed by atoms with Gasteiger partial charge in [0.05, 0.1) is 17.3 Å². The van der Waals surface area contributed by atoms with E-state index in [1.165, 1.54) is 4.90 Å². The summed E-state index contributed by atoms with van der Waals surface area (Å²) >= 11 is 3.34. The summed E-state index contributed by atoms with van der Waals surface area (Å²) in [5.74, 6) is -0.453. The second-order valence-corrected chi connectivity index (χ2v) is 6.64. The average Bonchev–Trinajstić information content (AvgIpc) is 2.94. The normalized spacial score (nSPS) is 22.1. The first-order valence-electron chi connectivity index (χ1n) is 7.56. The summed E-state index contributed by atoms with van der Waals surface area (Å²) in [5.41, 5.74) is 0.952. The Bertz CT molecular complexity index is 721. The van der Waals surface area contributed by atoms with Crippen LogP contribution in [0.1, 0.15) is 16.8 Å². The summed E-state index contributed by atoms with van der Waals surface area (Å²) < 4.78 is 0.764. The molecule has 0 spiro atoms. The largest absolute Gasteiger partial charge is 0.335 e. The van der Waals surface area contributed by atoms with Gasteiger partial charge in [-0.2, -0.15) is 0 Å². The van der Waals surface area contributed by atoms with Crippen LogP contribution >= 0.6 is 15.9 Å². The van der Waals surface area contributed by atoms with Crippen molar-refractivity contribution in [3.63, 3.8) is 0 Å². The van der Waals surface area contributed by atoms with Gasteiger partial charge >= 0.3 is 6.03 Å². The fourth-order valence-corrected chi connectivity index (χ4v) is 3.35. The lowest BCUT2D eigenvalue weighted by atomic mass is 10.1. The molecule has 1 fully saturated rings. The van der Waals surface area contributed by atoms with E-state index in [0.29, 0.717) is 30.8 Å². The van der Waals surface area contributed by atoms with E-state index in [1.54, 1.807) is 24.3 Å². The van der Waals surface area contributed by atoms with Crippen LogP contribution in [0.15, 0.2) is 35.3 Å². The standard InChI is InChI=1S/C16H17BrN4O3/c1-2-5-18-16(24)19-10-7-13-14(22)20-12-4-3-9(17)6-11(12)15(23)21(13)8-10/h2-4,6,10,13H,1,5,7-8H2,(H,20,22)(H2,18,19,24). The third-order valence-corrected chi connectivity index (χ3v) is 4.57. The number of benzene rings is 1. The molecule has 126 valence electrons. The number of fused-ring (bicyclic) bond motifs is 2. The van der Waals surface area contributed by atoms with Crippen LogP contribution in [0.2, 0.25) is 0 Å². The summed E-state index contributed by atoms with van der Waals surface area (Å²) in [6.07, 6.45) is 1.96. The molecule has 0 saturated carbocycles. The van der Waals surface area contributed by atoms with Crippen LogP contribution in [0.5, 0.6) is 0 Å². The topological polar surface area (TPSA) is 90.5 Å². The quantitative estimate of drug-likeness (QED) is 0.680. The minimum atomic E-state index is -0.589. The van der Waals surface area contributed by atoms with Gasteiger partial charge < -0.3 is 20.9 Å². The van der Waals surface area contributed by atoms with Crippen LogP contribution in [0, 0.1) is 0 Å². The minimum Gasteiger partial charge on any atom is -0.335 e. The maximum atomic E-state index is 12.8. The molecule has 0 radical (unpaired) electrons. The van der Waals surface area contributed by atoms with E-state index >= 15 is 0 Å². The van der Waals surface area contributed by atoms with E-state index < -0.39 is 6.04 Å². The van der Waals surface area contributed by atoms with Crippen LogP contribution in [-0.2, 0) is 4.79 Å². The second kappa shape index (κ2) is 6.64. The SMILES string of the molecule is C=CCNC(=O)NC1CC2C(=O)Nc3ccc(Br)cc3C(=O)N2C1. The molecule has 1 saturated heterocycles. The van der Waals surface area contributed by atoms with Gasteiger partial charge in [-0.3, -0.25) is 9.59 Å². The van der Waals surface area contributed by atoms with Gasteiger partial charge in [0.15, 0.2) is 0 Å². The Kier molecular flexibility index (Phi) is 4.57.